The van der Waals surface area contributed by atoms with Crippen LogP contribution in [0.5, 0.6) is 0 Å². The second kappa shape index (κ2) is 8.98. The molecule has 1 saturated heterocycles. The Morgan fingerprint density at radius 2 is 2.20 bits per heavy atom. The fourth-order valence-electron chi connectivity index (χ4n) is 3.22. The largest absolute Gasteiger partial charge is 0.480 e. The highest BCUT2D eigenvalue weighted by Gasteiger charge is 2.37. The minimum Gasteiger partial charge on any atom is -0.480 e. The van der Waals surface area contributed by atoms with E-state index < -0.39 is 24.2 Å². The summed E-state index contributed by atoms with van der Waals surface area (Å²) in [6.07, 6.45) is 4.55. The number of nitrogens with two attached hydrogens (primary N) is 1. The van der Waals surface area contributed by atoms with E-state index in [9.17, 15) is 14.7 Å². The first-order valence-corrected chi connectivity index (χ1v) is 8.50. The maximum Gasteiger partial charge on any atom is 0.370 e. The molecule has 8 heteroatoms. The van der Waals surface area contributed by atoms with E-state index in [1.165, 1.54) is 13.0 Å². The van der Waals surface area contributed by atoms with Crippen LogP contribution in [-0.2, 0) is 19.1 Å². The van der Waals surface area contributed by atoms with Gasteiger partial charge in [0.1, 0.15) is 6.10 Å². The van der Waals surface area contributed by atoms with Gasteiger partial charge in [-0.15, -0.1) is 6.58 Å². The molecule has 4 N–H and O–H groups in total. The number of aliphatic carboxylic acids is 1. The van der Waals surface area contributed by atoms with E-state index in [4.69, 9.17) is 15.2 Å². The van der Waals surface area contributed by atoms with Gasteiger partial charge in [0.05, 0.1) is 24.8 Å². The van der Waals surface area contributed by atoms with Crippen molar-refractivity contribution in [2.75, 3.05) is 26.2 Å². The number of carboxylic acid groups (broad SMARTS) is 1. The standard InChI is InChI=1S/C17H27N3O5/c1-3-8-24-12-4-6-20(7-5-12)10-15-16(19-11(2)21)13(18)9-14(25-15)17(22)23/h3,9,12-13,15-16H,1,4-8,10,18H2,2H3,(H,19,21)(H,22,23)/t13-,15-,16+/m0/s1. The van der Waals surface area contributed by atoms with E-state index in [0.717, 1.165) is 25.9 Å². The number of hydrogen-bond donors (Lipinski definition) is 3. The number of carboxylic acids is 1. The molecule has 0 saturated carbocycles. The number of rotatable bonds is 7. The highest BCUT2D eigenvalue weighted by Crippen LogP contribution is 2.21. The van der Waals surface area contributed by atoms with Crippen molar-refractivity contribution in [2.45, 2.75) is 44.1 Å². The first kappa shape index (κ1) is 19.4. The van der Waals surface area contributed by atoms with Gasteiger partial charge in [-0.3, -0.25) is 9.69 Å². The summed E-state index contributed by atoms with van der Waals surface area (Å²) in [4.78, 5) is 24.9. The maximum absolute atomic E-state index is 11.5. The van der Waals surface area contributed by atoms with Gasteiger partial charge in [-0.05, 0) is 18.9 Å². The number of carbonyl (C=O) groups is 2. The number of piperidine rings is 1. The SMILES string of the molecule is C=CCOC1CCN(C[C@@H]2OC(C(=O)O)=C[C@H](N)[C@H]2NC(C)=O)CC1. The quantitative estimate of drug-likeness (QED) is 0.546. The Bertz CT molecular complexity index is 528. The van der Waals surface area contributed by atoms with Crippen LogP contribution in [0.2, 0.25) is 0 Å². The van der Waals surface area contributed by atoms with Gasteiger partial charge in [0.2, 0.25) is 11.7 Å². The van der Waals surface area contributed by atoms with E-state index in [2.05, 4.69) is 16.8 Å². The molecule has 3 atom stereocenters. The molecule has 0 aromatic rings. The lowest BCUT2D eigenvalue weighted by Gasteiger charge is -2.39. The Morgan fingerprint density at radius 1 is 1.52 bits per heavy atom. The van der Waals surface area contributed by atoms with E-state index >= 15 is 0 Å². The van der Waals surface area contributed by atoms with Crippen molar-refractivity contribution in [2.24, 2.45) is 5.73 Å². The topological polar surface area (TPSA) is 114 Å². The van der Waals surface area contributed by atoms with Gasteiger partial charge in [-0.2, -0.15) is 0 Å². The Morgan fingerprint density at radius 3 is 2.76 bits per heavy atom. The molecule has 140 valence electrons. The van der Waals surface area contributed by atoms with Gasteiger partial charge in [0.25, 0.3) is 0 Å². The van der Waals surface area contributed by atoms with Crippen LogP contribution < -0.4 is 11.1 Å². The molecule has 0 aromatic carbocycles. The molecule has 25 heavy (non-hydrogen) atoms. The Balaban J connectivity index is 1.97. The third kappa shape index (κ3) is 5.55. The second-order valence-electron chi connectivity index (χ2n) is 6.42. The second-order valence-corrected chi connectivity index (χ2v) is 6.42. The average Bonchev–Trinajstić information content (AvgIpc) is 2.56. The molecule has 2 rings (SSSR count). The van der Waals surface area contributed by atoms with Crippen LogP contribution in [0.1, 0.15) is 19.8 Å². The molecule has 0 radical (unpaired) electrons. The Labute approximate surface area is 147 Å². The zero-order valence-electron chi connectivity index (χ0n) is 14.5. The number of carbonyl (C=O) groups excluding carboxylic acids is 1. The predicted octanol–water partition coefficient (Wildman–Crippen LogP) is -0.147. The maximum atomic E-state index is 11.5. The Kier molecular flexibility index (Phi) is 6.98. The van der Waals surface area contributed by atoms with Crippen molar-refractivity contribution in [3.05, 3.63) is 24.5 Å². The van der Waals surface area contributed by atoms with Gasteiger partial charge in [-0.25, -0.2) is 4.79 Å². The summed E-state index contributed by atoms with van der Waals surface area (Å²) >= 11 is 0. The molecule has 2 heterocycles. The van der Waals surface area contributed by atoms with E-state index in [1.54, 1.807) is 6.08 Å². The third-order valence-corrected chi connectivity index (χ3v) is 4.44. The highest BCUT2D eigenvalue weighted by atomic mass is 16.5. The number of ether oxygens (including phenoxy) is 2. The number of nitrogens with one attached hydrogen (secondary N) is 1. The van der Waals surface area contributed by atoms with Crippen molar-refractivity contribution in [1.29, 1.82) is 0 Å². The van der Waals surface area contributed by atoms with E-state index in [0.29, 0.717) is 13.2 Å². The zero-order chi connectivity index (χ0) is 18.4. The van der Waals surface area contributed by atoms with Crippen molar-refractivity contribution in [3.8, 4) is 0 Å². The zero-order valence-corrected chi connectivity index (χ0v) is 14.5. The molecule has 8 nitrogen and oxygen atoms in total. The molecule has 1 fully saturated rings. The first-order chi connectivity index (χ1) is 11.9. The lowest BCUT2D eigenvalue weighted by Crippen LogP contribution is -2.59. The normalized spacial score (nSPS) is 27.9. The number of hydrogen-bond acceptors (Lipinski definition) is 6. The fraction of sp³-hybridized carbons (Fsp3) is 0.647. The smallest absolute Gasteiger partial charge is 0.370 e. The fourth-order valence-corrected chi connectivity index (χ4v) is 3.22. The summed E-state index contributed by atoms with van der Waals surface area (Å²) in [5, 5.41) is 12.0. The van der Waals surface area contributed by atoms with Crippen LogP contribution in [0.3, 0.4) is 0 Å². The van der Waals surface area contributed by atoms with Gasteiger partial charge >= 0.3 is 5.97 Å². The van der Waals surface area contributed by atoms with Crippen molar-refractivity contribution in [1.82, 2.24) is 10.2 Å². The summed E-state index contributed by atoms with van der Waals surface area (Å²) in [7, 11) is 0. The molecule has 0 aromatic heterocycles. The molecule has 0 aliphatic carbocycles. The molecular formula is C17H27N3O5. The van der Waals surface area contributed by atoms with Crippen LogP contribution in [0.4, 0.5) is 0 Å². The highest BCUT2D eigenvalue weighted by molar-refractivity contribution is 5.84. The number of amides is 1. The van der Waals surface area contributed by atoms with Gasteiger partial charge < -0.3 is 25.6 Å². The van der Waals surface area contributed by atoms with Gasteiger partial charge in [0.15, 0.2) is 0 Å². The Hall–Kier alpha value is -1.90. The molecule has 2 aliphatic rings. The molecule has 2 aliphatic heterocycles. The summed E-state index contributed by atoms with van der Waals surface area (Å²) in [6, 6.07) is -1.07. The summed E-state index contributed by atoms with van der Waals surface area (Å²) in [5.74, 6) is -1.54. The summed E-state index contributed by atoms with van der Waals surface area (Å²) in [5.41, 5.74) is 6.05. The van der Waals surface area contributed by atoms with E-state index in [-0.39, 0.29) is 17.8 Å². The van der Waals surface area contributed by atoms with Crippen LogP contribution in [0.25, 0.3) is 0 Å². The predicted molar refractivity (Wildman–Crippen MR) is 91.8 cm³/mol. The lowest BCUT2D eigenvalue weighted by molar-refractivity contribution is -0.139. The van der Waals surface area contributed by atoms with Crippen molar-refractivity contribution < 1.29 is 24.2 Å². The van der Waals surface area contributed by atoms with Crippen LogP contribution in [0.15, 0.2) is 24.5 Å². The monoisotopic (exact) mass is 353 g/mol. The van der Waals surface area contributed by atoms with Crippen LogP contribution in [0, 0.1) is 0 Å². The first-order valence-electron chi connectivity index (χ1n) is 8.50. The lowest BCUT2D eigenvalue weighted by atomic mass is 9.97. The summed E-state index contributed by atoms with van der Waals surface area (Å²) < 4.78 is 11.3. The van der Waals surface area contributed by atoms with Crippen LogP contribution >= 0.6 is 0 Å². The van der Waals surface area contributed by atoms with Crippen LogP contribution in [-0.4, -0.2) is 72.4 Å². The van der Waals surface area contributed by atoms with Crippen molar-refractivity contribution >= 4 is 11.9 Å². The minimum absolute atomic E-state index is 0.164. The van der Waals surface area contributed by atoms with Crippen molar-refractivity contribution in [3.63, 3.8) is 0 Å². The third-order valence-electron chi connectivity index (χ3n) is 4.44. The molecule has 0 spiro atoms. The molecule has 0 unspecified atom stereocenters. The number of nitrogens with zero attached hydrogens (tertiary/aromatic N) is 1. The molecule has 1 amide bonds. The minimum atomic E-state index is -1.15. The van der Waals surface area contributed by atoms with E-state index in [1.807, 2.05) is 0 Å². The molecule has 0 bridgehead atoms. The van der Waals surface area contributed by atoms with Gasteiger partial charge in [0, 0.05) is 26.6 Å². The number of likely N-dealkylation sites (tertiary alicyclic amines) is 1. The molecular weight excluding hydrogens is 326 g/mol. The average molecular weight is 353 g/mol. The summed E-state index contributed by atoms with van der Waals surface area (Å²) in [6.45, 7) is 7.72. The van der Waals surface area contributed by atoms with Gasteiger partial charge in [-0.1, -0.05) is 6.08 Å².